The van der Waals surface area contributed by atoms with Crippen molar-refractivity contribution in [3.8, 4) is 17.1 Å². The van der Waals surface area contributed by atoms with Gasteiger partial charge < -0.3 is 0 Å². The van der Waals surface area contributed by atoms with Gasteiger partial charge in [0.25, 0.3) is 0 Å². The Morgan fingerprint density at radius 2 is 1.50 bits per heavy atom. The summed E-state index contributed by atoms with van der Waals surface area (Å²) in [4.78, 5) is 12.6. The lowest BCUT2D eigenvalue weighted by Crippen LogP contribution is -2.14. The van der Waals surface area contributed by atoms with E-state index in [2.05, 4.69) is 25.7 Å². The molecular weight excluding hydrogens is 464 g/mol. The average Bonchev–Trinajstić information content (AvgIpc) is 3.51. The molecule has 0 atom stereocenters. The number of carbonyl (C=O) groups excluding carboxylic acids is 1. The summed E-state index contributed by atoms with van der Waals surface area (Å²) in [7, 11) is 0. The standard InChI is InChI=1S/C25H20N6OS2/c32-21(26-24-29-27-22(34-24)16-18-10-4-1-5-11-18)17-33-25-30-28-23(19-12-6-2-7-13-19)31(25)20-14-8-3-9-15-20/h1-15H,16-17H2,(H,26,29,32). The Morgan fingerprint density at radius 3 is 2.24 bits per heavy atom. The minimum absolute atomic E-state index is 0.170. The van der Waals surface area contributed by atoms with Gasteiger partial charge in [-0.05, 0) is 17.7 Å². The highest BCUT2D eigenvalue weighted by Gasteiger charge is 2.17. The van der Waals surface area contributed by atoms with Crippen molar-refractivity contribution in [2.75, 3.05) is 11.1 Å². The second kappa shape index (κ2) is 10.4. The molecule has 2 aromatic heterocycles. The molecule has 0 spiro atoms. The fourth-order valence-corrected chi connectivity index (χ4v) is 4.92. The van der Waals surface area contributed by atoms with Crippen molar-refractivity contribution >= 4 is 34.1 Å². The Kier molecular flexibility index (Phi) is 6.73. The summed E-state index contributed by atoms with van der Waals surface area (Å²) >= 11 is 2.71. The van der Waals surface area contributed by atoms with Gasteiger partial charge in [-0.3, -0.25) is 14.7 Å². The summed E-state index contributed by atoms with van der Waals surface area (Å²) in [5, 5.41) is 21.9. The molecule has 9 heteroatoms. The number of aromatic nitrogens is 5. The maximum absolute atomic E-state index is 12.6. The Morgan fingerprint density at radius 1 is 0.824 bits per heavy atom. The SMILES string of the molecule is O=C(CSc1nnc(-c2ccccc2)n1-c1ccccc1)Nc1nnc(Cc2ccccc2)s1. The van der Waals surface area contributed by atoms with E-state index in [1.54, 1.807) is 0 Å². The molecule has 0 saturated heterocycles. The highest BCUT2D eigenvalue weighted by Crippen LogP contribution is 2.28. The van der Waals surface area contributed by atoms with E-state index in [1.807, 2.05) is 95.6 Å². The molecule has 2 heterocycles. The van der Waals surface area contributed by atoms with Crippen LogP contribution in [0.2, 0.25) is 0 Å². The van der Waals surface area contributed by atoms with E-state index in [0.717, 1.165) is 27.6 Å². The van der Waals surface area contributed by atoms with Gasteiger partial charge in [-0.15, -0.1) is 20.4 Å². The molecule has 0 radical (unpaired) electrons. The number of rotatable bonds is 8. The highest BCUT2D eigenvalue weighted by atomic mass is 32.2. The number of nitrogens with zero attached hydrogens (tertiary/aromatic N) is 5. The first-order chi connectivity index (χ1) is 16.8. The molecule has 0 aliphatic carbocycles. The fraction of sp³-hybridized carbons (Fsp3) is 0.0800. The van der Waals surface area contributed by atoms with E-state index >= 15 is 0 Å². The number of carbonyl (C=O) groups is 1. The van der Waals surface area contributed by atoms with Crippen molar-refractivity contribution in [1.82, 2.24) is 25.0 Å². The van der Waals surface area contributed by atoms with Crippen LogP contribution >= 0.6 is 23.1 Å². The summed E-state index contributed by atoms with van der Waals surface area (Å²) in [6, 6.07) is 29.8. The third kappa shape index (κ3) is 5.22. The zero-order valence-electron chi connectivity index (χ0n) is 18.0. The van der Waals surface area contributed by atoms with E-state index in [-0.39, 0.29) is 11.7 Å². The van der Waals surface area contributed by atoms with Gasteiger partial charge >= 0.3 is 0 Å². The maximum Gasteiger partial charge on any atom is 0.236 e. The van der Waals surface area contributed by atoms with Gasteiger partial charge in [0.05, 0.1) is 5.75 Å². The van der Waals surface area contributed by atoms with Gasteiger partial charge in [0.2, 0.25) is 11.0 Å². The molecule has 34 heavy (non-hydrogen) atoms. The van der Waals surface area contributed by atoms with Crippen LogP contribution in [0, 0.1) is 0 Å². The molecular formula is C25H20N6OS2. The van der Waals surface area contributed by atoms with Crippen LogP contribution in [0.1, 0.15) is 10.6 Å². The van der Waals surface area contributed by atoms with Crippen LogP contribution in [-0.4, -0.2) is 36.6 Å². The molecule has 1 N–H and O–H groups in total. The van der Waals surface area contributed by atoms with Crippen molar-refractivity contribution in [3.05, 3.63) is 102 Å². The van der Waals surface area contributed by atoms with E-state index in [4.69, 9.17) is 0 Å². The van der Waals surface area contributed by atoms with E-state index in [0.29, 0.717) is 16.7 Å². The Balaban J connectivity index is 1.28. The van der Waals surface area contributed by atoms with Crippen LogP contribution in [0.3, 0.4) is 0 Å². The van der Waals surface area contributed by atoms with Crippen LogP contribution in [0.15, 0.2) is 96.2 Å². The van der Waals surface area contributed by atoms with Crippen molar-refractivity contribution in [2.24, 2.45) is 0 Å². The number of amides is 1. The topological polar surface area (TPSA) is 85.6 Å². The number of hydrogen-bond acceptors (Lipinski definition) is 7. The smallest absolute Gasteiger partial charge is 0.236 e. The molecule has 1 amide bonds. The third-order valence-electron chi connectivity index (χ3n) is 4.92. The first-order valence-electron chi connectivity index (χ1n) is 10.6. The molecule has 0 aliphatic heterocycles. The first kappa shape index (κ1) is 22.0. The highest BCUT2D eigenvalue weighted by molar-refractivity contribution is 7.99. The number of thioether (sulfide) groups is 1. The zero-order chi connectivity index (χ0) is 23.2. The quantitative estimate of drug-likeness (QED) is 0.308. The Hall–Kier alpha value is -3.82. The van der Waals surface area contributed by atoms with Crippen LogP contribution in [0.5, 0.6) is 0 Å². The molecule has 3 aromatic carbocycles. The molecule has 7 nitrogen and oxygen atoms in total. The molecule has 168 valence electrons. The second-order valence-corrected chi connectivity index (χ2v) is 9.35. The summed E-state index contributed by atoms with van der Waals surface area (Å²) in [5.74, 6) is 0.730. The van der Waals surface area contributed by atoms with Crippen molar-refractivity contribution in [2.45, 2.75) is 11.6 Å². The molecule has 5 aromatic rings. The number of nitrogens with one attached hydrogen (secondary N) is 1. The van der Waals surface area contributed by atoms with Gasteiger partial charge in [-0.2, -0.15) is 0 Å². The van der Waals surface area contributed by atoms with Crippen LogP contribution in [0.4, 0.5) is 5.13 Å². The predicted octanol–water partition coefficient (Wildman–Crippen LogP) is 5.11. The summed E-state index contributed by atoms with van der Waals surface area (Å²) < 4.78 is 1.97. The second-order valence-electron chi connectivity index (χ2n) is 7.34. The van der Waals surface area contributed by atoms with Crippen LogP contribution in [-0.2, 0) is 11.2 Å². The minimum Gasteiger partial charge on any atom is -0.300 e. The van der Waals surface area contributed by atoms with Gasteiger partial charge in [0.1, 0.15) is 5.01 Å². The largest absolute Gasteiger partial charge is 0.300 e. The predicted molar refractivity (Wildman–Crippen MR) is 135 cm³/mol. The Labute approximate surface area is 204 Å². The lowest BCUT2D eigenvalue weighted by atomic mass is 10.2. The molecule has 0 aliphatic rings. The van der Waals surface area contributed by atoms with Crippen molar-refractivity contribution in [1.29, 1.82) is 0 Å². The summed E-state index contributed by atoms with van der Waals surface area (Å²) in [6.07, 6.45) is 0.686. The molecule has 0 fully saturated rings. The molecule has 0 bridgehead atoms. The molecule has 0 saturated carbocycles. The van der Waals surface area contributed by atoms with E-state index in [1.165, 1.54) is 23.1 Å². The minimum atomic E-state index is -0.170. The number of para-hydroxylation sites is 1. The van der Waals surface area contributed by atoms with Crippen molar-refractivity contribution in [3.63, 3.8) is 0 Å². The van der Waals surface area contributed by atoms with E-state index in [9.17, 15) is 4.79 Å². The third-order valence-corrected chi connectivity index (χ3v) is 6.69. The number of hydrogen-bond donors (Lipinski definition) is 1. The molecule has 0 unspecified atom stereocenters. The monoisotopic (exact) mass is 484 g/mol. The normalized spacial score (nSPS) is 10.8. The zero-order valence-corrected chi connectivity index (χ0v) is 19.7. The lowest BCUT2D eigenvalue weighted by Gasteiger charge is -2.10. The summed E-state index contributed by atoms with van der Waals surface area (Å²) in [5.41, 5.74) is 3.04. The summed E-state index contributed by atoms with van der Waals surface area (Å²) in [6.45, 7) is 0. The number of anilines is 1. The lowest BCUT2D eigenvalue weighted by molar-refractivity contribution is -0.113. The maximum atomic E-state index is 12.6. The Bertz CT molecular complexity index is 1370. The number of benzene rings is 3. The first-order valence-corrected chi connectivity index (χ1v) is 12.4. The molecule has 5 rings (SSSR count). The fourth-order valence-electron chi connectivity index (χ4n) is 3.38. The van der Waals surface area contributed by atoms with Gasteiger partial charge in [-0.25, -0.2) is 0 Å². The van der Waals surface area contributed by atoms with Crippen LogP contribution in [0.25, 0.3) is 17.1 Å². The van der Waals surface area contributed by atoms with E-state index < -0.39 is 0 Å². The van der Waals surface area contributed by atoms with Gasteiger partial charge in [-0.1, -0.05) is 102 Å². The van der Waals surface area contributed by atoms with Gasteiger partial charge in [0, 0.05) is 17.7 Å². The average molecular weight is 485 g/mol. The van der Waals surface area contributed by atoms with Crippen molar-refractivity contribution < 1.29 is 4.79 Å². The van der Waals surface area contributed by atoms with Gasteiger partial charge in [0.15, 0.2) is 11.0 Å². The van der Waals surface area contributed by atoms with Crippen LogP contribution < -0.4 is 5.32 Å².